The molecular formula is C14H23NO4S2. The molecule has 2 N–H and O–H groups in total. The lowest BCUT2D eigenvalue weighted by Gasteiger charge is -2.10. The molecule has 0 spiro atoms. The van der Waals surface area contributed by atoms with Gasteiger partial charge in [0.05, 0.1) is 22.2 Å². The van der Waals surface area contributed by atoms with Gasteiger partial charge >= 0.3 is 0 Å². The minimum atomic E-state index is -3.58. The molecule has 1 aromatic rings. The molecule has 0 aliphatic rings. The van der Waals surface area contributed by atoms with Crippen molar-refractivity contribution in [2.45, 2.75) is 31.7 Å². The molecule has 1 rings (SSSR count). The van der Waals surface area contributed by atoms with Crippen molar-refractivity contribution in [1.82, 2.24) is 0 Å². The number of hydrogen-bond donors (Lipinski definition) is 1. The first-order chi connectivity index (χ1) is 9.70. The van der Waals surface area contributed by atoms with E-state index in [4.69, 9.17) is 5.73 Å². The molecule has 0 saturated carbocycles. The zero-order valence-corrected chi connectivity index (χ0v) is 14.1. The Hall–Kier alpha value is -0.920. The van der Waals surface area contributed by atoms with Crippen LogP contribution in [0.4, 0.5) is 0 Å². The number of benzene rings is 1. The van der Waals surface area contributed by atoms with Crippen LogP contribution < -0.4 is 5.73 Å². The molecule has 0 aliphatic heterocycles. The molecular weight excluding hydrogens is 310 g/mol. The molecule has 0 bridgehead atoms. The van der Waals surface area contributed by atoms with Crippen molar-refractivity contribution in [2.75, 3.05) is 17.3 Å². The van der Waals surface area contributed by atoms with Gasteiger partial charge in [-0.3, -0.25) is 0 Å². The highest BCUT2D eigenvalue weighted by molar-refractivity contribution is 7.95. The molecule has 1 atom stereocenters. The second kappa shape index (κ2) is 7.38. The number of nitrogens with two attached hydrogens (primary N) is 1. The summed E-state index contributed by atoms with van der Waals surface area (Å²) in [6, 6.07) is 6.22. The Bertz CT molecular complexity index is 649. The average molecular weight is 333 g/mol. The molecule has 0 amide bonds. The van der Waals surface area contributed by atoms with Gasteiger partial charge in [0.15, 0.2) is 19.7 Å². The molecule has 21 heavy (non-hydrogen) atoms. The first-order valence-electron chi connectivity index (χ1n) is 6.92. The van der Waals surface area contributed by atoms with E-state index < -0.39 is 19.7 Å². The number of rotatable bonds is 8. The van der Waals surface area contributed by atoms with E-state index in [1.165, 1.54) is 12.1 Å². The summed E-state index contributed by atoms with van der Waals surface area (Å²) >= 11 is 0. The summed E-state index contributed by atoms with van der Waals surface area (Å²) in [7, 11) is -6.93. The summed E-state index contributed by atoms with van der Waals surface area (Å²) in [6.45, 7) is 4.09. The van der Waals surface area contributed by atoms with Gasteiger partial charge in [-0.2, -0.15) is 0 Å². The van der Waals surface area contributed by atoms with Crippen molar-refractivity contribution in [1.29, 1.82) is 0 Å². The highest BCUT2D eigenvalue weighted by Crippen LogP contribution is 2.14. The second-order valence-corrected chi connectivity index (χ2v) is 9.63. The lowest BCUT2D eigenvalue weighted by molar-refractivity contribution is 0.563. The van der Waals surface area contributed by atoms with Crippen LogP contribution in [0.15, 0.2) is 29.2 Å². The molecule has 0 aliphatic carbocycles. The average Bonchev–Trinajstić information content (AvgIpc) is 2.45. The number of sulfone groups is 2. The minimum Gasteiger partial charge on any atom is -0.326 e. The third kappa shape index (κ3) is 5.76. The molecule has 1 unspecified atom stereocenters. The standard InChI is InChI=1S/C14H23NO4S2/c1-3-12(2)11-20(16,17)8-9-21(18,19)14-6-4-13(10-15)5-7-14/h4-7,12H,3,8-11,15H2,1-2H3. The Kier molecular flexibility index (Phi) is 6.37. The normalized spacial score (nSPS) is 14.0. The Morgan fingerprint density at radius 2 is 1.62 bits per heavy atom. The first-order valence-corrected chi connectivity index (χ1v) is 10.4. The molecule has 1 aromatic carbocycles. The summed E-state index contributed by atoms with van der Waals surface area (Å²) in [5.74, 6) is -0.640. The smallest absolute Gasteiger partial charge is 0.179 e. The van der Waals surface area contributed by atoms with Crippen LogP contribution in [0.25, 0.3) is 0 Å². The van der Waals surface area contributed by atoms with Gasteiger partial charge in [0, 0.05) is 6.54 Å². The van der Waals surface area contributed by atoms with Gasteiger partial charge in [-0.05, 0) is 23.6 Å². The minimum absolute atomic E-state index is 0.0329. The SMILES string of the molecule is CCC(C)CS(=O)(=O)CCS(=O)(=O)c1ccc(CN)cc1. The first kappa shape index (κ1) is 18.1. The lowest BCUT2D eigenvalue weighted by atomic mass is 10.2. The topological polar surface area (TPSA) is 94.3 Å². The summed E-state index contributed by atoms with van der Waals surface area (Å²) in [5, 5.41) is 0. The van der Waals surface area contributed by atoms with Gasteiger partial charge in [0.1, 0.15) is 0 Å². The van der Waals surface area contributed by atoms with E-state index in [1.54, 1.807) is 12.1 Å². The van der Waals surface area contributed by atoms with Gasteiger partial charge in [-0.15, -0.1) is 0 Å². The van der Waals surface area contributed by atoms with Crippen LogP contribution in [0.1, 0.15) is 25.8 Å². The highest BCUT2D eigenvalue weighted by atomic mass is 32.2. The van der Waals surface area contributed by atoms with Crippen LogP contribution >= 0.6 is 0 Å². The van der Waals surface area contributed by atoms with Crippen molar-refractivity contribution in [2.24, 2.45) is 11.7 Å². The van der Waals surface area contributed by atoms with Crippen molar-refractivity contribution < 1.29 is 16.8 Å². The van der Waals surface area contributed by atoms with Crippen LogP contribution in [0.2, 0.25) is 0 Å². The van der Waals surface area contributed by atoms with Gasteiger partial charge in [-0.1, -0.05) is 32.4 Å². The Balaban J connectivity index is 2.76. The van der Waals surface area contributed by atoms with E-state index in [1.807, 2.05) is 13.8 Å². The molecule has 0 heterocycles. The van der Waals surface area contributed by atoms with Gasteiger partial charge in [0.25, 0.3) is 0 Å². The maximum Gasteiger partial charge on any atom is 0.179 e. The maximum absolute atomic E-state index is 12.1. The summed E-state index contributed by atoms with van der Waals surface area (Å²) < 4.78 is 48.1. The van der Waals surface area contributed by atoms with Crippen molar-refractivity contribution in [3.8, 4) is 0 Å². The fourth-order valence-electron chi connectivity index (χ4n) is 1.82. The molecule has 0 radical (unpaired) electrons. The van der Waals surface area contributed by atoms with Gasteiger partial charge in [-0.25, -0.2) is 16.8 Å². The predicted octanol–water partition coefficient (Wildman–Crippen LogP) is 1.38. The van der Waals surface area contributed by atoms with E-state index >= 15 is 0 Å². The quantitative estimate of drug-likeness (QED) is 0.775. The fraction of sp³-hybridized carbons (Fsp3) is 0.571. The Morgan fingerprint density at radius 1 is 1.05 bits per heavy atom. The molecule has 0 aromatic heterocycles. The summed E-state index contributed by atoms with van der Waals surface area (Å²) in [4.78, 5) is 0.137. The predicted molar refractivity (Wildman–Crippen MR) is 84.5 cm³/mol. The van der Waals surface area contributed by atoms with Crippen LogP contribution in [-0.2, 0) is 26.2 Å². The second-order valence-electron chi connectivity index (χ2n) is 5.29. The number of hydrogen-bond acceptors (Lipinski definition) is 5. The van der Waals surface area contributed by atoms with E-state index in [9.17, 15) is 16.8 Å². The van der Waals surface area contributed by atoms with Crippen molar-refractivity contribution in [3.63, 3.8) is 0 Å². The van der Waals surface area contributed by atoms with Crippen LogP contribution in [0, 0.1) is 5.92 Å². The molecule has 5 nitrogen and oxygen atoms in total. The van der Waals surface area contributed by atoms with Crippen LogP contribution in [-0.4, -0.2) is 34.1 Å². The molecule has 0 saturated heterocycles. The van der Waals surface area contributed by atoms with Crippen LogP contribution in [0.3, 0.4) is 0 Å². The van der Waals surface area contributed by atoms with Crippen LogP contribution in [0.5, 0.6) is 0 Å². The third-order valence-electron chi connectivity index (χ3n) is 3.42. The van der Waals surface area contributed by atoms with E-state index in [0.29, 0.717) is 6.54 Å². The summed E-state index contributed by atoms with van der Waals surface area (Å²) in [5.41, 5.74) is 6.29. The zero-order valence-electron chi connectivity index (χ0n) is 12.4. The zero-order chi connectivity index (χ0) is 16.1. The molecule has 0 fully saturated rings. The molecule has 120 valence electrons. The van der Waals surface area contributed by atoms with E-state index in [-0.39, 0.29) is 28.1 Å². The van der Waals surface area contributed by atoms with Crippen molar-refractivity contribution in [3.05, 3.63) is 29.8 Å². The lowest BCUT2D eigenvalue weighted by Crippen LogP contribution is -2.22. The van der Waals surface area contributed by atoms with Crippen molar-refractivity contribution >= 4 is 19.7 Å². The van der Waals surface area contributed by atoms with E-state index in [2.05, 4.69) is 0 Å². The van der Waals surface area contributed by atoms with E-state index in [0.717, 1.165) is 12.0 Å². The fourth-order valence-corrected chi connectivity index (χ4v) is 5.77. The maximum atomic E-state index is 12.1. The largest absolute Gasteiger partial charge is 0.326 e. The Labute approximate surface area is 127 Å². The van der Waals surface area contributed by atoms with Gasteiger partial charge in [0.2, 0.25) is 0 Å². The third-order valence-corrected chi connectivity index (χ3v) is 7.31. The monoisotopic (exact) mass is 333 g/mol. The molecule has 7 heteroatoms. The van der Waals surface area contributed by atoms with Gasteiger partial charge < -0.3 is 5.73 Å². The Morgan fingerprint density at radius 3 is 2.10 bits per heavy atom. The summed E-state index contributed by atoms with van der Waals surface area (Å²) in [6.07, 6.45) is 0.756. The highest BCUT2D eigenvalue weighted by Gasteiger charge is 2.21.